The van der Waals surface area contributed by atoms with Crippen LogP contribution in [0.15, 0.2) is 0 Å². The molecule has 0 aliphatic carbocycles. The highest BCUT2D eigenvalue weighted by Gasteiger charge is 2.04. The number of ether oxygens (including phenoxy) is 1. The maximum Gasteiger partial charge on any atom is 0.143 e. The maximum atomic E-state index is 8.40. The molecular weight excluding hydrogens is 142 g/mol. The third kappa shape index (κ3) is 6.28. The van der Waals surface area contributed by atoms with E-state index in [9.17, 15) is 0 Å². The number of likely N-dealkylation sites (N-methyl/N-ethyl adjacent to an activating group) is 1. The van der Waals surface area contributed by atoms with Crippen molar-refractivity contribution in [2.24, 2.45) is 0 Å². The SMILES string of the molecule is CCC[C@@H](COCO)NCC. The topological polar surface area (TPSA) is 41.5 Å². The maximum absolute atomic E-state index is 8.40. The van der Waals surface area contributed by atoms with Gasteiger partial charge in [-0.3, -0.25) is 0 Å². The number of hydrogen-bond acceptors (Lipinski definition) is 3. The van der Waals surface area contributed by atoms with Crippen LogP contribution in [0.2, 0.25) is 0 Å². The van der Waals surface area contributed by atoms with E-state index in [-0.39, 0.29) is 6.79 Å². The zero-order valence-electron chi connectivity index (χ0n) is 7.47. The summed E-state index contributed by atoms with van der Waals surface area (Å²) in [5.41, 5.74) is 0. The number of hydrogen-bond donors (Lipinski definition) is 2. The van der Waals surface area contributed by atoms with E-state index >= 15 is 0 Å². The molecule has 1 atom stereocenters. The van der Waals surface area contributed by atoms with Gasteiger partial charge < -0.3 is 15.2 Å². The van der Waals surface area contributed by atoms with Crippen LogP contribution in [-0.2, 0) is 4.74 Å². The average molecular weight is 161 g/mol. The second-order valence-electron chi connectivity index (χ2n) is 2.54. The molecule has 0 heterocycles. The zero-order valence-corrected chi connectivity index (χ0v) is 7.47. The van der Waals surface area contributed by atoms with Gasteiger partial charge >= 0.3 is 0 Å². The molecule has 0 amide bonds. The zero-order chi connectivity index (χ0) is 8.53. The molecule has 3 nitrogen and oxygen atoms in total. The van der Waals surface area contributed by atoms with Crippen LogP contribution in [-0.4, -0.2) is 31.1 Å². The molecule has 0 fully saturated rings. The van der Waals surface area contributed by atoms with Gasteiger partial charge in [0, 0.05) is 6.04 Å². The lowest BCUT2D eigenvalue weighted by Gasteiger charge is -2.15. The fourth-order valence-corrected chi connectivity index (χ4v) is 1.08. The molecule has 0 saturated carbocycles. The van der Waals surface area contributed by atoms with Crippen LogP contribution in [0.25, 0.3) is 0 Å². The van der Waals surface area contributed by atoms with E-state index in [1.165, 1.54) is 0 Å². The van der Waals surface area contributed by atoms with Gasteiger partial charge in [-0.25, -0.2) is 0 Å². The monoisotopic (exact) mass is 161 g/mol. The molecule has 0 aliphatic heterocycles. The molecule has 0 bridgehead atoms. The molecule has 3 heteroatoms. The molecule has 0 aromatic heterocycles. The quantitative estimate of drug-likeness (QED) is 0.541. The molecule has 0 spiro atoms. The van der Waals surface area contributed by atoms with Gasteiger partial charge in [-0.2, -0.15) is 0 Å². The van der Waals surface area contributed by atoms with Gasteiger partial charge in [0.05, 0.1) is 6.61 Å². The second-order valence-corrected chi connectivity index (χ2v) is 2.54. The number of nitrogens with one attached hydrogen (secondary N) is 1. The van der Waals surface area contributed by atoms with Crippen LogP contribution in [0.4, 0.5) is 0 Å². The van der Waals surface area contributed by atoms with Gasteiger partial charge in [0.15, 0.2) is 0 Å². The first-order chi connectivity index (χ1) is 5.35. The smallest absolute Gasteiger partial charge is 0.143 e. The van der Waals surface area contributed by atoms with Crippen molar-refractivity contribution < 1.29 is 9.84 Å². The van der Waals surface area contributed by atoms with Crippen LogP contribution in [0, 0.1) is 0 Å². The highest BCUT2D eigenvalue weighted by Crippen LogP contribution is 1.96. The van der Waals surface area contributed by atoms with Gasteiger partial charge in [-0.1, -0.05) is 20.3 Å². The highest BCUT2D eigenvalue weighted by molar-refractivity contribution is 4.63. The summed E-state index contributed by atoms with van der Waals surface area (Å²) in [7, 11) is 0. The van der Waals surface area contributed by atoms with Gasteiger partial charge in [-0.15, -0.1) is 0 Å². The summed E-state index contributed by atoms with van der Waals surface area (Å²) in [6.07, 6.45) is 2.25. The summed E-state index contributed by atoms with van der Waals surface area (Å²) in [4.78, 5) is 0. The standard InChI is InChI=1S/C8H19NO2/c1-3-5-8(9-4-2)6-11-7-10/h8-10H,3-7H2,1-2H3/t8-/m0/s1. The molecule has 68 valence electrons. The van der Waals surface area contributed by atoms with Crippen LogP contribution >= 0.6 is 0 Å². The van der Waals surface area contributed by atoms with E-state index in [2.05, 4.69) is 19.2 Å². The Hall–Kier alpha value is -0.120. The summed E-state index contributed by atoms with van der Waals surface area (Å²) < 4.78 is 4.89. The van der Waals surface area contributed by atoms with Crippen molar-refractivity contribution in [2.75, 3.05) is 19.9 Å². The van der Waals surface area contributed by atoms with Crippen molar-refractivity contribution in [2.45, 2.75) is 32.7 Å². The van der Waals surface area contributed by atoms with Gasteiger partial charge in [0.2, 0.25) is 0 Å². The summed E-state index contributed by atoms with van der Waals surface area (Å²) in [5, 5.41) is 11.7. The fraction of sp³-hybridized carbons (Fsp3) is 1.00. The van der Waals surface area contributed by atoms with E-state index < -0.39 is 0 Å². The number of aliphatic hydroxyl groups is 1. The van der Waals surface area contributed by atoms with E-state index in [4.69, 9.17) is 9.84 Å². The van der Waals surface area contributed by atoms with Crippen LogP contribution in [0.5, 0.6) is 0 Å². The van der Waals surface area contributed by atoms with Crippen molar-refractivity contribution in [3.63, 3.8) is 0 Å². The van der Waals surface area contributed by atoms with Crippen molar-refractivity contribution in [1.82, 2.24) is 5.32 Å². The Labute approximate surface area is 68.8 Å². The molecule has 0 radical (unpaired) electrons. The van der Waals surface area contributed by atoms with E-state index in [0.717, 1.165) is 19.4 Å². The summed E-state index contributed by atoms with van der Waals surface area (Å²) in [6.45, 7) is 5.61. The van der Waals surface area contributed by atoms with Crippen LogP contribution < -0.4 is 5.32 Å². The summed E-state index contributed by atoms with van der Waals surface area (Å²) in [5.74, 6) is 0. The van der Waals surface area contributed by atoms with Crippen molar-refractivity contribution in [3.8, 4) is 0 Å². The van der Waals surface area contributed by atoms with Crippen molar-refractivity contribution in [3.05, 3.63) is 0 Å². The third-order valence-corrected chi connectivity index (χ3v) is 1.54. The Morgan fingerprint density at radius 2 is 2.18 bits per heavy atom. The molecule has 0 aromatic carbocycles. The summed E-state index contributed by atoms with van der Waals surface area (Å²) >= 11 is 0. The largest absolute Gasteiger partial charge is 0.371 e. The lowest BCUT2D eigenvalue weighted by molar-refractivity contribution is -0.0116. The second kappa shape index (κ2) is 7.98. The predicted octanol–water partition coefficient (Wildman–Crippen LogP) is 0.731. The normalized spacial score (nSPS) is 13.4. The van der Waals surface area contributed by atoms with Crippen LogP contribution in [0.3, 0.4) is 0 Å². The van der Waals surface area contributed by atoms with Gasteiger partial charge in [0.1, 0.15) is 6.79 Å². The molecule has 0 aromatic rings. The molecule has 11 heavy (non-hydrogen) atoms. The molecule has 0 unspecified atom stereocenters. The predicted molar refractivity (Wildman–Crippen MR) is 45.4 cm³/mol. The highest BCUT2D eigenvalue weighted by atomic mass is 16.6. The Morgan fingerprint density at radius 1 is 1.45 bits per heavy atom. The Morgan fingerprint density at radius 3 is 2.64 bits per heavy atom. The van der Waals surface area contributed by atoms with Gasteiger partial charge in [-0.05, 0) is 13.0 Å². The first kappa shape index (κ1) is 10.9. The number of aliphatic hydroxyl groups excluding tert-OH is 1. The minimum absolute atomic E-state index is 0.175. The minimum Gasteiger partial charge on any atom is -0.371 e. The fourth-order valence-electron chi connectivity index (χ4n) is 1.08. The van der Waals surface area contributed by atoms with Crippen molar-refractivity contribution in [1.29, 1.82) is 0 Å². The Bertz CT molecular complexity index is 72.5. The van der Waals surface area contributed by atoms with Gasteiger partial charge in [0.25, 0.3) is 0 Å². The first-order valence-corrected chi connectivity index (χ1v) is 4.27. The molecule has 0 rings (SSSR count). The number of rotatable bonds is 7. The molecule has 0 aliphatic rings. The average Bonchev–Trinajstić information content (AvgIpc) is 2.01. The lowest BCUT2D eigenvalue weighted by Crippen LogP contribution is -2.33. The van der Waals surface area contributed by atoms with Crippen molar-refractivity contribution >= 4 is 0 Å². The Kier molecular flexibility index (Phi) is 7.89. The molecular formula is C8H19NO2. The molecule has 0 saturated heterocycles. The minimum atomic E-state index is -0.175. The van der Waals surface area contributed by atoms with Crippen LogP contribution in [0.1, 0.15) is 26.7 Å². The summed E-state index contributed by atoms with van der Waals surface area (Å²) in [6, 6.07) is 0.400. The first-order valence-electron chi connectivity index (χ1n) is 4.27. The van der Waals surface area contributed by atoms with E-state index in [1.807, 2.05) is 0 Å². The Balaban J connectivity index is 3.34. The lowest BCUT2D eigenvalue weighted by atomic mass is 10.2. The van der Waals surface area contributed by atoms with E-state index in [0.29, 0.717) is 12.6 Å². The van der Waals surface area contributed by atoms with E-state index in [1.54, 1.807) is 0 Å². The third-order valence-electron chi connectivity index (χ3n) is 1.54. The molecule has 2 N–H and O–H groups in total.